The molecular formula is C24H21N3O3. The maximum absolute atomic E-state index is 13.2. The Morgan fingerprint density at radius 1 is 0.967 bits per heavy atom. The van der Waals surface area contributed by atoms with Gasteiger partial charge in [-0.05, 0) is 47.1 Å². The molecular weight excluding hydrogens is 378 g/mol. The molecule has 0 aliphatic carbocycles. The van der Waals surface area contributed by atoms with E-state index in [-0.39, 0.29) is 18.2 Å². The van der Waals surface area contributed by atoms with Crippen molar-refractivity contribution in [3.8, 4) is 0 Å². The van der Waals surface area contributed by atoms with Crippen LogP contribution in [0.25, 0.3) is 10.8 Å². The van der Waals surface area contributed by atoms with Gasteiger partial charge in [0.1, 0.15) is 6.04 Å². The molecule has 1 atom stereocenters. The monoisotopic (exact) mass is 399 g/mol. The minimum atomic E-state index is -0.666. The van der Waals surface area contributed by atoms with Crippen molar-refractivity contribution in [3.05, 3.63) is 76.9 Å². The molecule has 6 heteroatoms. The number of carbonyl (C=O) groups excluding carboxylic acids is 3. The second-order valence-electron chi connectivity index (χ2n) is 7.81. The number of amides is 3. The predicted octanol–water partition coefficient (Wildman–Crippen LogP) is 2.65. The van der Waals surface area contributed by atoms with Crippen molar-refractivity contribution in [2.24, 2.45) is 5.73 Å². The number of nitrogens with two attached hydrogens (primary N) is 1. The second-order valence-corrected chi connectivity index (χ2v) is 7.81. The van der Waals surface area contributed by atoms with E-state index >= 15 is 0 Å². The summed E-state index contributed by atoms with van der Waals surface area (Å²) in [6, 6.07) is 17.2. The first-order valence-electron chi connectivity index (χ1n) is 10.1. The Balaban J connectivity index is 1.56. The van der Waals surface area contributed by atoms with Gasteiger partial charge in [0, 0.05) is 23.9 Å². The molecule has 0 bridgehead atoms. The van der Waals surface area contributed by atoms with Crippen LogP contribution in [0.1, 0.15) is 39.9 Å². The van der Waals surface area contributed by atoms with Gasteiger partial charge < -0.3 is 5.73 Å². The van der Waals surface area contributed by atoms with Crippen molar-refractivity contribution in [2.75, 3.05) is 4.90 Å². The number of hydrogen-bond donors (Lipinski definition) is 2. The molecule has 0 saturated carbocycles. The average molecular weight is 399 g/mol. The summed E-state index contributed by atoms with van der Waals surface area (Å²) in [5, 5.41) is 4.25. The Labute approximate surface area is 173 Å². The third kappa shape index (κ3) is 2.88. The molecule has 2 aliphatic rings. The van der Waals surface area contributed by atoms with E-state index < -0.39 is 11.9 Å². The molecule has 0 aromatic heterocycles. The number of benzene rings is 3. The zero-order valence-electron chi connectivity index (χ0n) is 16.4. The largest absolute Gasteiger partial charge is 0.326 e. The van der Waals surface area contributed by atoms with Gasteiger partial charge in [0.2, 0.25) is 11.8 Å². The molecule has 5 rings (SSSR count). The van der Waals surface area contributed by atoms with Crippen LogP contribution in [-0.4, -0.2) is 23.8 Å². The second kappa shape index (κ2) is 7.07. The van der Waals surface area contributed by atoms with Gasteiger partial charge in [-0.2, -0.15) is 0 Å². The Morgan fingerprint density at radius 3 is 2.47 bits per heavy atom. The zero-order chi connectivity index (χ0) is 20.8. The van der Waals surface area contributed by atoms with Crippen molar-refractivity contribution in [1.82, 2.24) is 5.32 Å². The molecule has 0 spiro atoms. The van der Waals surface area contributed by atoms with Gasteiger partial charge in [0.05, 0.1) is 5.69 Å². The van der Waals surface area contributed by atoms with Crippen LogP contribution in [-0.2, 0) is 22.6 Å². The van der Waals surface area contributed by atoms with E-state index in [2.05, 4.69) is 17.4 Å². The summed E-state index contributed by atoms with van der Waals surface area (Å²) in [4.78, 5) is 38.7. The topological polar surface area (TPSA) is 92.5 Å². The number of piperidine rings is 1. The van der Waals surface area contributed by atoms with E-state index in [1.807, 2.05) is 36.4 Å². The van der Waals surface area contributed by atoms with Gasteiger partial charge >= 0.3 is 0 Å². The molecule has 2 aliphatic heterocycles. The number of nitrogens with one attached hydrogen (secondary N) is 1. The molecule has 3 aromatic carbocycles. The van der Waals surface area contributed by atoms with E-state index in [4.69, 9.17) is 5.73 Å². The van der Waals surface area contributed by atoms with Crippen LogP contribution in [0.5, 0.6) is 0 Å². The number of nitrogens with zero attached hydrogens (tertiary/aromatic N) is 1. The summed E-state index contributed by atoms with van der Waals surface area (Å²) in [5.41, 5.74) is 10.4. The molecule has 1 saturated heterocycles. The van der Waals surface area contributed by atoms with Gasteiger partial charge in [-0.15, -0.1) is 0 Å². The smallest absolute Gasteiger partial charge is 0.259 e. The van der Waals surface area contributed by atoms with Crippen molar-refractivity contribution in [3.63, 3.8) is 0 Å². The zero-order valence-corrected chi connectivity index (χ0v) is 16.4. The lowest BCUT2D eigenvalue weighted by Crippen LogP contribution is -2.53. The summed E-state index contributed by atoms with van der Waals surface area (Å²) in [6.07, 6.45) is 1.30. The van der Waals surface area contributed by atoms with Crippen LogP contribution in [0.2, 0.25) is 0 Å². The van der Waals surface area contributed by atoms with Crippen molar-refractivity contribution < 1.29 is 14.4 Å². The predicted molar refractivity (Wildman–Crippen MR) is 114 cm³/mol. The molecule has 0 radical (unpaired) electrons. The van der Waals surface area contributed by atoms with Crippen molar-refractivity contribution in [2.45, 2.75) is 31.8 Å². The van der Waals surface area contributed by atoms with Crippen LogP contribution in [0.4, 0.5) is 5.69 Å². The number of anilines is 1. The highest BCUT2D eigenvalue weighted by Crippen LogP contribution is 2.41. The maximum atomic E-state index is 13.2. The third-order valence-electron chi connectivity index (χ3n) is 5.99. The molecule has 150 valence electrons. The van der Waals surface area contributed by atoms with Crippen LogP contribution in [0.15, 0.2) is 54.6 Å². The van der Waals surface area contributed by atoms with E-state index in [1.54, 1.807) is 11.0 Å². The van der Waals surface area contributed by atoms with Crippen LogP contribution in [0.3, 0.4) is 0 Å². The lowest BCUT2D eigenvalue weighted by Gasteiger charge is -2.30. The Hall–Kier alpha value is -3.51. The summed E-state index contributed by atoms with van der Waals surface area (Å²) >= 11 is 0. The van der Waals surface area contributed by atoms with Gasteiger partial charge in [0.15, 0.2) is 0 Å². The van der Waals surface area contributed by atoms with Gasteiger partial charge in [-0.25, -0.2) is 0 Å². The fourth-order valence-corrected chi connectivity index (χ4v) is 4.47. The first kappa shape index (κ1) is 18.5. The number of imide groups is 1. The van der Waals surface area contributed by atoms with Crippen LogP contribution >= 0.6 is 0 Å². The summed E-state index contributed by atoms with van der Waals surface area (Å²) < 4.78 is 0. The first-order valence-corrected chi connectivity index (χ1v) is 10.1. The number of carbonyl (C=O) groups is 3. The standard InChI is InChI=1S/C24H21N3O3/c25-13-15-6-4-14(5-7-15)12-16-8-9-19-22-17(16)2-1-3-18(22)24(30)27(19)20-10-11-21(28)26-23(20)29/h1-9,20H,10-13,25H2,(H,26,28,29). The fourth-order valence-electron chi connectivity index (χ4n) is 4.47. The highest BCUT2D eigenvalue weighted by molar-refractivity contribution is 6.27. The maximum Gasteiger partial charge on any atom is 0.259 e. The lowest BCUT2D eigenvalue weighted by atomic mass is 9.95. The SMILES string of the molecule is NCc1ccc(Cc2ccc3c4c(cccc24)C(=O)N3C2CCC(=O)NC2=O)cc1. The van der Waals surface area contributed by atoms with Crippen molar-refractivity contribution >= 4 is 34.2 Å². The van der Waals surface area contributed by atoms with Gasteiger partial charge in [0.25, 0.3) is 5.91 Å². The van der Waals surface area contributed by atoms with Gasteiger partial charge in [-0.1, -0.05) is 42.5 Å². The third-order valence-corrected chi connectivity index (χ3v) is 5.99. The molecule has 1 fully saturated rings. The quantitative estimate of drug-likeness (QED) is 0.660. The van der Waals surface area contributed by atoms with Gasteiger partial charge in [-0.3, -0.25) is 24.6 Å². The first-order chi connectivity index (χ1) is 14.6. The highest BCUT2D eigenvalue weighted by atomic mass is 16.2. The Bertz CT molecular complexity index is 1200. The summed E-state index contributed by atoms with van der Waals surface area (Å²) in [5.74, 6) is -0.888. The number of hydrogen-bond acceptors (Lipinski definition) is 4. The molecule has 30 heavy (non-hydrogen) atoms. The molecule has 3 aromatic rings. The summed E-state index contributed by atoms with van der Waals surface area (Å²) in [7, 11) is 0. The fraction of sp³-hybridized carbons (Fsp3) is 0.208. The summed E-state index contributed by atoms with van der Waals surface area (Å²) in [6.45, 7) is 0.513. The van der Waals surface area contributed by atoms with E-state index in [0.29, 0.717) is 18.5 Å². The normalized spacial score (nSPS) is 18.2. The Morgan fingerprint density at radius 2 is 1.73 bits per heavy atom. The lowest BCUT2D eigenvalue weighted by molar-refractivity contribution is -0.134. The van der Waals surface area contributed by atoms with E-state index in [0.717, 1.165) is 34.0 Å². The van der Waals surface area contributed by atoms with Crippen LogP contribution in [0, 0.1) is 0 Å². The molecule has 1 unspecified atom stereocenters. The minimum Gasteiger partial charge on any atom is -0.326 e. The average Bonchev–Trinajstić information content (AvgIpc) is 3.04. The Kier molecular flexibility index (Phi) is 4.37. The number of rotatable bonds is 4. The molecule has 3 N–H and O–H groups in total. The molecule has 3 amide bonds. The van der Waals surface area contributed by atoms with E-state index in [9.17, 15) is 14.4 Å². The minimum absolute atomic E-state index is 0.186. The van der Waals surface area contributed by atoms with E-state index in [1.165, 1.54) is 5.56 Å². The molecule has 2 heterocycles. The van der Waals surface area contributed by atoms with Crippen molar-refractivity contribution in [1.29, 1.82) is 0 Å². The molecule has 6 nitrogen and oxygen atoms in total. The highest BCUT2D eigenvalue weighted by Gasteiger charge is 2.40. The van der Waals surface area contributed by atoms with Crippen LogP contribution < -0.4 is 16.0 Å².